The maximum absolute atomic E-state index is 11.4. The molecular formula is C10H16N4O. The van der Waals surface area contributed by atoms with Crippen LogP contribution in [0.25, 0.3) is 0 Å². The Kier molecular flexibility index (Phi) is 3.22. The molecule has 1 aromatic heterocycles. The van der Waals surface area contributed by atoms with Gasteiger partial charge in [-0.15, -0.1) is 0 Å². The number of amides is 2. The van der Waals surface area contributed by atoms with E-state index in [-0.39, 0.29) is 6.03 Å². The minimum Gasteiger partial charge on any atom is -0.338 e. The van der Waals surface area contributed by atoms with Crippen LogP contribution in [0.15, 0.2) is 18.7 Å². The Morgan fingerprint density at radius 1 is 1.47 bits per heavy atom. The molecule has 2 amide bonds. The highest BCUT2D eigenvalue weighted by Crippen LogP contribution is 2.01. The first-order chi connectivity index (χ1) is 7.36. The lowest BCUT2D eigenvalue weighted by atomic mass is 10.3. The van der Waals surface area contributed by atoms with E-state index in [4.69, 9.17) is 0 Å². The number of imidazole rings is 1. The summed E-state index contributed by atoms with van der Waals surface area (Å²) >= 11 is 0. The smallest absolute Gasteiger partial charge is 0.317 e. The summed E-state index contributed by atoms with van der Waals surface area (Å²) in [5.74, 6) is 0. The number of urea groups is 1. The van der Waals surface area contributed by atoms with Gasteiger partial charge in [-0.25, -0.2) is 9.78 Å². The number of nitrogens with zero attached hydrogens (tertiary/aromatic N) is 3. The van der Waals surface area contributed by atoms with Gasteiger partial charge in [0.2, 0.25) is 0 Å². The lowest BCUT2D eigenvalue weighted by Crippen LogP contribution is -2.46. The number of hydrogen-bond acceptors (Lipinski definition) is 2. The zero-order chi connectivity index (χ0) is 10.5. The standard InChI is InChI=1S/C10H16N4O/c15-10-12-3-1-6-14(10)7-2-5-13-8-4-11-9-13/h4,8-9H,1-3,5-7H2,(H,12,15). The number of carbonyl (C=O) groups is 1. The topological polar surface area (TPSA) is 50.2 Å². The number of aryl methyl sites for hydroxylation is 1. The van der Waals surface area contributed by atoms with Gasteiger partial charge >= 0.3 is 6.03 Å². The molecule has 1 N–H and O–H groups in total. The van der Waals surface area contributed by atoms with Gasteiger partial charge in [0, 0.05) is 38.6 Å². The average Bonchev–Trinajstić information content (AvgIpc) is 2.74. The molecule has 1 aliphatic rings. The van der Waals surface area contributed by atoms with Crippen molar-refractivity contribution in [3.05, 3.63) is 18.7 Å². The molecule has 0 unspecified atom stereocenters. The lowest BCUT2D eigenvalue weighted by Gasteiger charge is -2.27. The zero-order valence-corrected chi connectivity index (χ0v) is 8.72. The first kappa shape index (κ1) is 10.0. The van der Waals surface area contributed by atoms with Crippen molar-refractivity contribution in [1.29, 1.82) is 0 Å². The van der Waals surface area contributed by atoms with Crippen LogP contribution in [0.1, 0.15) is 12.8 Å². The molecule has 5 heteroatoms. The van der Waals surface area contributed by atoms with Crippen molar-refractivity contribution < 1.29 is 4.79 Å². The van der Waals surface area contributed by atoms with Crippen LogP contribution in [0.5, 0.6) is 0 Å². The number of hydrogen-bond donors (Lipinski definition) is 1. The number of aromatic nitrogens is 2. The Morgan fingerprint density at radius 3 is 3.13 bits per heavy atom. The first-order valence-electron chi connectivity index (χ1n) is 5.35. The molecule has 1 aliphatic heterocycles. The normalized spacial score (nSPS) is 16.5. The Labute approximate surface area is 89.1 Å². The molecule has 1 fully saturated rings. The molecule has 2 heterocycles. The molecule has 0 aromatic carbocycles. The van der Waals surface area contributed by atoms with Crippen LogP contribution in [-0.2, 0) is 6.54 Å². The molecule has 0 bridgehead atoms. The van der Waals surface area contributed by atoms with E-state index < -0.39 is 0 Å². The molecule has 0 spiro atoms. The summed E-state index contributed by atoms with van der Waals surface area (Å²) in [5.41, 5.74) is 0. The van der Waals surface area contributed by atoms with Crippen LogP contribution in [-0.4, -0.2) is 40.1 Å². The SMILES string of the molecule is O=C1NCCCN1CCCn1ccnc1. The first-order valence-corrected chi connectivity index (χ1v) is 5.35. The number of nitrogens with one attached hydrogen (secondary N) is 1. The van der Waals surface area contributed by atoms with E-state index in [0.29, 0.717) is 0 Å². The summed E-state index contributed by atoms with van der Waals surface area (Å²) in [4.78, 5) is 17.2. The summed E-state index contributed by atoms with van der Waals surface area (Å²) in [7, 11) is 0. The van der Waals surface area contributed by atoms with Gasteiger partial charge < -0.3 is 14.8 Å². The number of carbonyl (C=O) groups excluding carboxylic acids is 1. The van der Waals surface area contributed by atoms with Gasteiger partial charge in [0.05, 0.1) is 6.33 Å². The summed E-state index contributed by atoms with van der Waals surface area (Å²) in [5, 5.41) is 2.84. The van der Waals surface area contributed by atoms with Crippen LogP contribution in [0.4, 0.5) is 4.79 Å². The van der Waals surface area contributed by atoms with Gasteiger partial charge in [-0.05, 0) is 12.8 Å². The van der Waals surface area contributed by atoms with Gasteiger partial charge in [-0.1, -0.05) is 0 Å². The van der Waals surface area contributed by atoms with Crippen molar-refractivity contribution in [2.24, 2.45) is 0 Å². The highest BCUT2D eigenvalue weighted by molar-refractivity contribution is 5.74. The van der Waals surface area contributed by atoms with Crippen molar-refractivity contribution in [2.45, 2.75) is 19.4 Å². The second-order valence-corrected chi connectivity index (χ2v) is 3.73. The summed E-state index contributed by atoms with van der Waals surface area (Å²) in [6, 6.07) is 0.0758. The van der Waals surface area contributed by atoms with Crippen LogP contribution >= 0.6 is 0 Å². The molecule has 5 nitrogen and oxygen atoms in total. The van der Waals surface area contributed by atoms with Gasteiger partial charge in [-0.2, -0.15) is 0 Å². The second kappa shape index (κ2) is 4.82. The van der Waals surface area contributed by atoms with Crippen molar-refractivity contribution >= 4 is 6.03 Å². The third kappa shape index (κ3) is 2.71. The Bertz CT molecular complexity index is 309. The van der Waals surface area contributed by atoms with E-state index >= 15 is 0 Å². The van der Waals surface area contributed by atoms with Crippen molar-refractivity contribution in [1.82, 2.24) is 19.8 Å². The molecule has 1 saturated heterocycles. The van der Waals surface area contributed by atoms with Crippen LogP contribution in [0.3, 0.4) is 0 Å². The lowest BCUT2D eigenvalue weighted by molar-refractivity contribution is 0.184. The fourth-order valence-electron chi connectivity index (χ4n) is 1.76. The maximum atomic E-state index is 11.4. The summed E-state index contributed by atoms with van der Waals surface area (Å²) in [6.45, 7) is 3.44. The third-order valence-electron chi connectivity index (χ3n) is 2.57. The van der Waals surface area contributed by atoms with E-state index in [9.17, 15) is 4.79 Å². The highest BCUT2D eigenvalue weighted by atomic mass is 16.2. The van der Waals surface area contributed by atoms with Crippen molar-refractivity contribution in [3.63, 3.8) is 0 Å². The van der Waals surface area contributed by atoms with E-state index in [2.05, 4.69) is 10.3 Å². The zero-order valence-electron chi connectivity index (χ0n) is 8.72. The van der Waals surface area contributed by atoms with Crippen molar-refractivity contribution in [3.8, 4) is 0 Å². The van der Waals surface area contributed by atoms with Gasteiger partial charge in [0.1, 0.15) is 0 Å². The third-order valence-corrected chi connectivity index (χ3v) is 2.57. The predicted octanol–water partition coefficient (Wildman–Crippen LogP) is 0.688. The molecule has 82 valence electrons. The quantitative estimate of drug-likeness (QED) is 0.791. The predicted molar refractivity (Wildman–Crippen MR) is 56.4 cm³/mol. The van der Waals surface area contributed by atoms with E-state index in [1.165, 1.54) is 0 Å². The van der Waals surface area contributed by atoms with E-state index in [1.54, 1.807) is 12.5 Å². The average molecular weight is 208 g/mol. The fraction of sp³-hybridized carbons (Fsp3) is 0.600. The Morgan fingerprint density at radius 2 is 2.40 bits per heavy atom. The Balaban J connectivity index is 1.71. The van der Waals surface area contributed by atoms with Crippen LogP contribution < -0.4 is 5.32 Å². The minimum absolute atomic E-state index is 0.0758. The molecule has 0 aliphatic carbocycles. The monoisotopic (exact) mass is 208 g/mol. The van der Waals surface area contributed by atoms with Crippen molar-refractivity contribution in [2.75, 3.05) is 19.6 Å². The van der Waals surface area contributed by atoms with Crippen LogP contribution in [0.2, 0.25) is 0 Å². The van der Waals surface area contributed by atoms with E-state index in [0.717, 1.165) is 39.0 Å². The maximum Gasteiger partial charge on any atom is 0.317 e. The Hall–Kier alpha value is -1.52. The fourth-order valence-corrected chi connectivity index (χ4v) is 1.76. The largest absolute Gasteiger partial charge is 0.338 e. The van der Waals surface area contributed by atoms with E-state index in [1.807, 2.05) is 15.7 Å². The van der Waals surface area contributed by atoms with Gasteiger partial charge in [0.15, 0.2) is 0 Å². The van der Waals surface area contributed by atoms with Gasteiger partial charge in [-0.3, -0.25) is 0 Å². The molecule has 1 aromatic rings. The molecular weight excluding hydrogens is 192 g/mol. The van der Waals surface area contributed by atoms with Crippen LogP contribution in [0, 0.1) is 0 Å². The molecule has 2 rings (SSSR count). The van der Waals surface area contributed by atoms with Gasteiger partial charge in [0.25, 0.3) is 0 Å². The summed E-state index contributed by atoms with van der Waals surface area (Å²) in [6.07, 6.45) is 7.54. The molecule has 15 heavy (non-hydrogen) atoms. The molecule has 0 atom stereocenters. The second-order valence-electron chi connectivity index (χ2n) is 3.73. The minimum atomic E-state index is 0.0758. The molecule has 0 radical (unpaired) electrons. The summed E-state index contributed by atoms with van der Waals surface area (Å²) < 4.78 is 2.03. The number of rotatable bonds is 4. The highest BCUT2D eigenvalue weighted by Gasteiger charge is 2.16. The molecule has 0 saturated carbocycles.